The second kappa shape index (κ2) is 8.09. The Morgan fingerprint density at radius 1 is 1.36 bits per heavy atom. The molecule has 3 rings (SSSR count). The van der Waals surface area contributed by atoms with Crippen LogP contribution < -0.4 is 10.1 Å². The van der Waals surface area contributed by atoms with Crippen LogP contribution in [-0.4, -0.2) is 53.1 Å². The van der Waals surface area contributed by atoms with E-state index in [1.54, 1.807) is 11.1 Å². The van der Waals surface area contributed by atoms with Gasteiger partial charge in [-0.15, -0.1) is 13.2 Å². The third-order valence-corrected chi connectivity index (χ3v) is 4.11. The van der Waals surface area contributed by atoms with Crippen LogP contribution in [0.4, 0.5) is 18.0 Å². The Balaban J connectivity index is 1.76. The second-order valence-electron chi connectivity index (χ2n) is 6.64. The van der Waals surface area contributed by atoms with Crippen LogP contribution in [0.3, 0.4) is 0 Å². The Morgan fingerprint density at radius 2 is 2.07 bits per heavy atom. The van der Waals surface area contributed by atoms with Crippen molar-refractivity contribution in [1.29, 1.82) is 0 Å². The van der Waals surface area contributed by atoms with Gasteiger partial charge in [-0.3, -0.25) is 0 Å². The smallest absolute Gasteiger partial charge is 0.406 e. The van der Waals surface area contributed by atoms with Crippen LogP contribution in [0.5, 0.6) is 5.75 Å². The fourth-order valence-corrected chi connectivity index (χ4v) is 2.89. The summed E-state index contributed by atoms with van der Waals surface area (Å²) in [4.78, 5) is 21.6. The van der Waals surface area contributed by atoms with E-state index in [9.17, 15) is 18.0 Å². The van der Waals surface area contributed by atoms with Crippen molar-refractivity contribution in [2.45, 2.75) is 32.3 Å². The van der Waals surface area contributed by atoms with Crippen LogP contribution >= 0.6 is 0 Å². The van der Waals surface area contributed by atoms with Gasteiger partial charge in [-0.25, -0.2) is 9.78 Å². The van der Waals surface area contributed by atoms with Crippen molar-refractivity contribution in [1.82, 2.24) is 20.2 Å². The lowest BCUT2D eigenvalue weighted by Gasteiger charge is -2.34. The molecule has 1 aromatic carbocycles. The first-order chi connectivity index (χ1) is 13.2. The van der Waals surface area contributed by atoms with Gasteiger partial charge in [-0.05, 0) is 43.7 Å². The molecule has 2 amide bonds. The minimum Gasteiger partial charge on any atom is -0.406 e. The lowest BCUT2D eigenvalue weighted by molar-refractivity contribution is -0.274. The monoisotopic (exact) mass is 398 g/mol. The van der Waals surface area contributed by atoms with Crippen LogP contribution in [0.15, 0.2) is 30.5 Å². The number of rotatable bonds is 4. The predicted octanol–water partition coefficient (Wildman–Crippen LogP) is 3.47. The summed E-state index contributed by atoms with van der Waals surface area (Å²) in [6.07, 6.45) is -3.16. The fraction of sp³-hybridized carbons (Fsp3) is 0.444. The maximum atomic E-state index is 12.4. The first-order valence-corrected chi connectivity index (χ1v) is 8.79. The fourth-order valence-electron chi connectivity index (χ4n) is 2.89. The van der Waals surface area contributed by atoms with Gasteiger partial charge in [0.15, 0.2) is 0 Å². The minimum atomic E-state index is -4.73. The van der Waals surface area contributed by atoms with Gasteiger partial charge in [0.2, 0.25) is 0 Å². The highest BCUT2D eigenvalue weighted by Gasteiger charge is 2.32. The number of benzene rings is 1. The van der Waals surface area contributed by atoms with Crippen molar-refractivity contribution in [2.24, 2.45) is 0 Å². The van der Waals surface area contributed by atoms with E-state index in [0.717, 1.165) is 0 Å². The molecule has 0 saturated carbocycles. The van der Waals surface area contributed by atoms with Crippen molar-refractivity contribution in [3.63, 3.8) is 0 Å². The first kappa shape index (κ1) is 20.0. The topological polar surface area (TPSA) is 79.5 Å². The molecule has 152 valence electrons. The number of aromatic nitrogens is 2. The van der Waals surface area contributed by atoms with Crippen LogP contribution in [0.1, 0.15) is 25.7 Å². The molecule has 1 saturated heterocycles. The Hall–Kier alpha value is -2.75. The number of ether oxygens (including phenoxy) is 2. The number of aromatic amines is 1. The van der Waals surface area contributed by atoms with Crippen molar-refractivity contribution in [2.75, 3.05) is 19.8 Å². The van der Waals surface area contributed by atoms with Gasteiger partial charge in [0.05, 0.1) is 25.1 Å². The van der Waals surface area contributed by atoms with Crippen molar-refractivity contribution in [3.05, 3.63) is 36.3 Å². The minimum absolute atomic E-state index is 0.000545. The molecular weight excluding hydrogens is 377 g/mol. The molecule has 1 aromatic heterocycles. The average molecular weight is 398 g/mol. The Kier molecular flexibility index (Phi) is 5.78. The summed E-state index contributed by atoms with van der Waals surface area (Å²) in [6, 6.07) is 4.88. The number of urea groups is 1. The lowest BCUT2D eigenvalue weighted by atomic mass is 10.1. The number of morpholine rings is 1. The van der Waals surface area contributed by atoms with Gasteiger partial charge >= 0.3 is 12.4 Å². The van der Waals surface area contributed by atoms with Gasteiger partial charge in [-0.1, -0.05) is 0 Å². The van der Waals surface area contributed by atoms with Crippen molar-refractivity contribution < 1.29 is 27.4 Å². The largest absolute Gasteiger partial charge is 0.573 e. The maximum Gasteiger partial charge on any atom is 0.573 e. The molecule has 0 aliphatic carbocycles. The molecule has 0 radical (unpaired) electrons. The summed E-state index contributed by atoms with van der Waals surface area (Å²) in [5.41, 5.74) is 1.26. The van der Waals surface area contributed by atoms with Crippen LogP contribution in [0.2, 0.25) is 0 Å². The van der Waals surface area contributed by atoms with Crippen molar-refractivity contribution >= 4 is 6.03 Å². The SMILES string of the molecule is CC(C)NC(=O)N1CCOCC1c1ncc(-c2ccc(OC(F)(F)F)cc2)[nH]1. The summed E-state index contributed by atoms with van der Waals surface area (Å²) in [6.45, 7) is 4.94. The quantitative estimate of drug-likeness (QED) is 0.827. The van der Waals surface area contributed by atoms with E-state index in [4.69, 9.17) is 4.74 Å². The summed E-state index contributed by atoms with van der Waals surface area (Å²) in [5.74, 6) is 0.248. The molecule has 1 atom stereocenters. The number of hydrogen-bond donors (Lipinski definition) is 2. The van der Waals surface area contributed by atoms with E-state index in [-0.39, 0.29) is 23.9 Å². The van der Waals surface area contributed by atoms with Gasteiger partial charge in [0.1, 0.15) is 17.6 Å². The highest BCUT2D eigenvalue weighted by atomic mass is 19.4. The molecule has 7 nitrogen and oxygen atoms in total. The lowest BCUT2D eigenvalue weighted by Crippen LogP contribution is -2.50. The number of hydrogen-bond acceptors (Lipinski definition) is 4. The van der Waals surface area contributed by atoms with Crippen LogP contribution in [-0.2, 0) is 4.74 Å². The molecule has 2 N–H and O–H groups in total. The second-order valence-corrected chi connectivity index (χ2v) is 6.64. The third kappa shape index (κ3) is 4.94. The number of carbonyl (C=O) groups excluding carboxylic acids is 1. The molecule has 10 heteroatoms. The number of halogens is 3. The molecule has 1 aliphatic rings. The molecule has 0 bridgehead atoms. The molecule has 2 heterocycles. The Bertz CT molecular complexity index is 805. The van der Waals surface area contributed by atoms with E-state index in [2.05, 4.69) is 20.0 Å². The van der Waals surface area contributed by atoms with E-state index < -0.39 is 6.36 Å². The zero-order valence-electron chi connectivity index (χ0n) is 15.4. The van der Waals surface area contributed by atoms with E-state index in [0.29, 0.717) is 36.8 Å². The van der Waals surface area contributed by atoms with Crippen LogP contribution in [0, 0.1) is 0 Å². The number of nitrogens with one attached hydrogen (secondary N) is 2. The summed E-state index contributed by atoms with van der Waals surface area (Å²) in [5, 5.41) is 2.86. The number of imidazole rings is 1. The predicted molar refractivity (Wildman–Crippen MR) is 94.6 cm³/mol. The maximum absolute atomic E-state index is 12.4. The summed E-state index contributed by atoms with van der Waals surface area (Å²) in [7, 11) is 0. The van der Waals surface area contributed by atoms with Gasteiger partial charge < -0.3 is 24.7 Å². The molecule has 1 aliphatic heterocycles. The van der Waals surface area contributed by atoms with Gasteiger partial charge in [-0.2, -0.15) is 0 Å². The highest BCUT2D eigenvalue weighted by Crippen LogP contribution is 2.28. The van der Waals surface area contributed by atoms with Crippen LogP contribution in [0.25, 0.3) is 11.3 Å². The zero-order chi connectivity index (χ0) is 20.3. The summed E-state index contributed by atoms with van der Waals surface area (Å²) < 4.78 is 46.2. The number of amides is 2. The van der Waals surface area contributed by atoms with Crippen molar-refractivity contribution in [3.8, 4) is 17.0 Å². The van der Waals surface area contributed by atoms with E-state index in [1.165, 1.54) is 24.3 Å². The Morgan fingerprint density at radius 3 is 2.71 bits per heavy atom. The molecule has 1 fully saturated rings. The molecular formula is C18H21F3N4O3. The number of carbonyl (C=O) groups is 1. The van der Waals surface area contributed by atoms with E-state index in [1.807, 2.05) is 13.8 Å². The highest BCUT2D eigenvalue weighted by molar-refractivity contribution is 5.75. The zero-order valence-corrected chi connectivity index (χ0v) is 15.4. The molecule has 0 spiro atoms. The average Bonchev–Trinajstić information content (AvgIpc) is 3.10. The standard InChI is InChI=1S/C18H21F3N4O3/c1-11(2)23-17(26)25-7-8-27-10-15(25)16-22-9-14(24-16)12-3-5-13(6-4-12)28-18(19,20)21/h3-6,9,11,15H,7-8,10H2,1-2H3,(H,22,24)(H,23,26). The number of nitrogens with zero attached hydrogens (tertiary/aromatic N) is 2. The molecule has 28 heavy (non-hydrogen) atoms. The first-order valence-electron chi connectivity index (χ1n) is 8.79. The molecule has 1 unspecified atom stereocenters. The number of alkyl halides is 3. The third-order valence-electron chi connectivity index (χ3n) is 4.11. The summed E-state index contributed by atoms with van der Waals surface area (Å²) >= 11 is 0. The van der Waals surface area contributed by atoms with E-state index >= 15 is 0 Å². The molecule has 2 aromatic rings. The normalized spacial score (nSPS) is 17.6. The number of H-pyrrole nitrogens is 1. The Labute approximate surface area is 159 Å². The van der Waals surface area contributed by atoms with Gasteiger partial charge in [0.25, 0.3) is 0 Å². The van der Waals surface area contributed by atoms with Gasteiger partial charge in [0, 0.05) is 12.6 Å².